The molecule has 0 saturated heterocycles. The molecule has 4 nitrogen and oxygen atoms in total. The molecule has 0 aliphatic heterocycles. The molecule has 0 radical (unpaired) electrons. The number of carboxylic acid groups (broad SMARTS) is 1. The number of carboxylic acids is 1. The molecule has 1 atom stereocenters. The molecule has 1 aromatic heterocycles. The van der Waals surface area contributed by atoms with Crippen molar-refractivity contribution in [3.63, 3.8) is 0 Å². The van der Waals surface area contributed by atoms with Crippen molar-refractivity contribution in [3.8, 4) is 0 Å². The molecule has 0 aliphatic rings. The Hall–Kier alpha value is -1.14. The van der Waals surface area contributed by atoms with Crippen LogP contribution in [0.4, 0.5) is 0 Å². The van der Waals surface area contributed by atoms with Gasteiger partial charge in [-0.25, -0.2) is 0 Å². The van der Waals surface area contributed by atoms with E-state index < -0.39 is 11.9 Å². The third kappa shape index (κ3) is 5.01. The second-order valence-electron chi connectivity index (χ2n) is 3.66. The lowest BCUT2D eigenvalue weighted by Gasteiger charge is -2.09. The van der Waals surface area contributed by atoms with Crippen molar-refractivity contribution in [3.05, 3.63) is 26.9 Å². The minimum atomic E-state index is -0.885. The van der Waals surface area contributed by atoms with Crippen molar-refractivity contribution in [2.75, 3.05) is 6.54 Å². The van der Waals surface area contributed by atoms with E-state index >= 15 is 0 Å². The molecule has 0 aromatic carbocycles. The zero-order valence-electron chi connectivity index (χ0n) is 9.85. The number of hydrogen-bond donors (Lipinski definition) is 2. The highest BCUT2D eigenvalue weighted by Gasteiger charge is 2.14. The molecule has 98 valence electrons. The zero-order chi connectivity index (χ0) is 13.5. The summed E-state index contributed by atoms with van der Waals surface area (Å²) >= 11 is 4.85. The van der Waals surface area contributed by atoms with Crippen LogP contribution in [-0.2, 0) is 9.59 Å². The van der Waals surface area contributed by atoms with E-state index in [1.165, 1.54) is 17.4 Å². The maximum absolute atomic E-state index is 11.5. The number of nitrogens with one attached hydrogen (secondary N) is 1. The van der Waals surface area contributed by atoms with Gasteiger partial charge in [0.25, 0.3) is 0 Å². The fraction of sp³-hybridized carbons (Fsp3) is 0.333. The first-order chi connectivity index (χ1) is 8.52. The molecule has 0 saturated carbocycles. The van der Waals surface area contributed by atoms with E-state index in [1.807, 2.05) is 12.1 Å². The smallest absolute Gasteiger partial charge is 0.308 e. The van der Waals surface area contributed by atoms with Gasteiger partial charge in [-0.1, -0.05) is 6.92 Å². The summed E-state index contributed by atoms with van der Waals surface area (Å²) in [6.07, 6.45) is 3.61. The lowest BCUT2D eigenvalue weighted by molar-refractivity contribution is -0.141. The van der Waals surface area contributed by atoms with Crippen LogP contribution in [0.3, 0.4) is 0 Å². The fourth-order valence-corrected chi connectivity index (χ4v) is 2.59. The Morgan fingerprint density at radius 1 is 1.56 bits per heavy atom. The number of halogens is 1. The predicted octanol–water partition coefficient (Wildman–Crippen LogP) is 2.75. The van der Waals surface area contributed by atoms with Gasteiger partial charge < -0.3 is 10.4 Å². The Balaban J connectivity index is 2.42. The van der Waals surface area contributed by atoms with Gasteiger partial charge in [0.05, 0.1) is 9.70 Å². The third-order valence-corrected chi connectivity index (χ3v) is 3.95. The SMILES string of the molecule is CCC(CNC(=O)C=Cc1ccc(Br)s1)C(=O)O. The molecule has 1 unspecified atom stereocenters. The number of amides is 1. The highest BCUT2D eigenvalue weighted by atomic mass is 79.9. The molecule has 0 spiro atoms. The molecule has 1 aromatic rings. The van der Waals surface area contributed by atoms with Gasteiger partial charge in [-0.3, -0.25) is 9.59 Å². The van der Waals surface area contributed by atoms with Crippen LogP contribution in [0, 0.1) is 5.92 Å². The molecule has 1 rings (SSSR count). The van der Waals surface area contributed by atoms with Crippen LogP contribution in [0.1, 0.15) is 18.2 Å². The standard InChI is InChI=1S/C12H14BrNO3S/c1-2-8(12(16)17)7-14-11(15)6-4-9-3-5-10(13)18-9/h3-6,8H,2,7H2,1H3,(H,14,15)(H,16,17). The maximum atomic E-state index is 11.5. The summed E-state index contributed by atoms with van der Waals surface area (Å²) in [5, 5.41) is 11.4. The monoisotopic (exact) mass is 331 g/mol. The van der Waals surface area contributed by atoms with E-state index in [9.17, 15) is 9.59 Å². The number of aliphatic carboxylic acids is 1. The van der Waals surface area contributed by atoms with Gasteiger partial charge in [-0.05, 0) is 40.6 Å². The fourth-order valence-electron chi connectivity index (χ4n) is 1.26. The third-order valence-electron chi connectivity index (χ3n) is 2.36. The van der Waals surface area contributed by atoms with E-state index in [0.29, 0.717) is 6.42 Å². The van der Waals surface area contributed by atoms with Gasteiger partial charge in [-0.15, -0.1) is 11.3 Å². The molecular weight excluding hydrogens is 318 g/mol. The first-order valence-corrected chi connectivity index (χ1v) is 7.08. The average Bonchev–Trinajstić information content (AvgIpc) is 2.73. The summed E-state index contributed by atoms with van der Waals surface area (Å²) < 4.78 is 1.000. The molecule has 0 fully saturated rings. The lowest BCUT2D eigenvalue weighted by Crippen LogP contribution is -2.31. The second kappa shape index (κ2) is 7.33. The number of thiophene rings is 1. The van der Waals surface area contributed by atoms with E-state index in [2.05, 4.69) is 21.2 Å². The molecule has 6 heteroatoms. The summed E-state index contributed by atoms with van der Waals surface area (Å²) in [4.78, 5) is 23.2. The van der Waals surface area contributed by atoms with Crippen LogP contribution < -0.4 is 5.32 Å². The minimum Gasteiger partial charge on any atom is -0.481 e. The second-order valence-corrected chi connectivity index (χ2v) is 6.16. The first-order valence-electron chi connectivity index (χ1n) is 5.47. The molecule has 18 heavy (non-hydrogen) atoms. The quantitative estimate of drug-likeness (QED) is 0.787. The average molecular weight is 332 g/mol. The van der Waals surface area contributed by atoms with Gasteiger partial charge in [0.2, 0.25) is 5.91 Å². The zero-order valence-corrected chi connectivity index (χ0v) is 12.3. The summed E-state index contributed by atoms with van der Waals surface area (Å²) in [6.45, 7) is 1.94. The maximum Gasteiger partial charge on any atom is 0.308 e. The normalized spacial score (nSPS) is 12.6. The Labute approximate surface area is 118 Å². The van der Waals surface area contributed by atoms with Crippen LogP contribution in [-0.4, -0.2) is 23.5 Å². The minimum absolute atomic E-state index is 0.156. The largest absolute Gasteiger partial charge is 0.481 e. The van der Waals surface area contributed by atoms with Crippen LogP contribution in [0.15, 0.2) is 22.0 Å². The number of carbonyl (C=O) groups excluding carboxylic acids is 1. The summed E-state index contributed by atoms with van der Waals surface area (Å²) in [7, 11) is 0. The van der Waals surface area contributed by atoms with E-state index in [4.69, 9.17) is 5.11 Å². The Morgan fingerprint density at radius 2 is 2.28 bits per heavy atom. The van der Waals surface area contributed by atoms with E-state index in [1.54, 1.807) is 13.0 Å². The molecule has 2 N–H and O–H groups in total. The Morgan fingerprint density at radius 3 is 2.78 bits per heavy atom. The van der Waals surface area contributed by atoms with Crippen molar-refractivity contribution in [1.82, 2.24) is 5.32 Å². The van der Waals surface area contributed by atoms with Crippen molar-refractivity contribution >= 4 is 45.2 Å². The summed E-state index contributed by atoms with van der Waals surface area (Å²) in [6, 6.07) is 3.80. The Bertz CT molecular complexity index is 456. The van der Waals surface area contributed by atoms with Gasteiger partial charge in [0.15, 0.2) is 0 Å². The van der Waals surface area contributed by atoms with Crippen LogP contribution in [0.5, 0.6) is 0 Å². The van der Waals surface area contributed by atoms with Crippen LogP contribution in [0.25, 0.3) is 6.08 Å². The van der Waals surface area contributed by atoms with Crippen molar-refractivity contribution in [1.29, 1.82) is 0 Å². The summed E-state index contributed by atoms with van der Waals surface area (Å²) in [5.41, 5.74) is 0. The van der Waals surface area contributed by atoms with Gasteiger partial charge in [-0.2, -0.15) is 0 Å². The van der Waals surface area contributed by atoms with Crippen molar-refractivity contribution < 1.29 is 14.7 Å². The molecule has 1 amide bonds. The lowest BCUT2D eigenvalue weighted by atomic mass is 10.1. The molecule has 0 bridgehead atoms. The highest BCUT2D eigenvalue weighted by Crippen LogP contribution is 2.22. The van der Waals surface area contributed by atoms with Gasteiger partial charge in [0.1, 0.15) is 0 Å². The number of carbonyl (C=O) groups is 2. The topological polar surface area (TPSA) is 66.4 Å². The highest BCUT2D eigenvalue weighted by molar-refractivity contribution is 9.11. The number of hydrogen-bond acceptors (Lipinski definition) is 3. The van der Waals surface area contributed by atoms with Gasteiger partial charge in [0, 0.05) is 17.5 Å². The Kier molecular flexibility index (Phi) is 6.07. The van der Waals surface area contributed by atoms with Crippen molar-refractivity contribution in [2.24, 2.45) is 5.92 Å². The molecular formula is C12H14BrNO3S. The van der Waals surface area contributed by atoms with Gasteiger partial charge >= 0.3 is 5.97 Å². The first kappa shape index (κ1) is 14.9. The van der Waals surface area contributed by atoms with E-state index in [-0.39, 0.29) is 12.5 Å². The predicted molar refractivity (Wildman–Crippen MR) is 75.5 cm³/mol. The summed E-state index contributed by atoms with van der Waals surface area (Å²) in [5.74, 6) is -1.69. The van der Waals surface area contributed by atoms with E-state index in [0.717, 1.165) is 8.66 Å². The van der Waals surface area contributed by atoms with Crippen LogP contribution in [0.2, 0.25) is 0 Å². The molecule has 0 aliphatic carbocycles. The van der Waals surface area contributed by atoms with Crippen molar-refractivity contribution in [2.45, 2.75) is 13.3 Å². The number of rotatable bonds is 6. The molecule has 1 heterocycles. The van der Waals surface area contributed by atoms with Crippen LogP contribution >= 0.6 is 27.3 Å².